The molecule has 12 aromatic carbocycles. The minimum Gasteiger partial charge on any atom is -0.491 e. The zero-order chi connectivity index (χ0) is 89.3. The van der Waals surface area contributed by atoms with Crippen LogP contribution in [-0.4, -0.2) is 147 Å². The Morgan fingerprint density at radius 2 is 0.306 bits per heavy atom. The topological polar surface area (TPSA) is 236 Å². The van der Waals surface area contributed by atoms with Gasteiger partial charge in [-0.3, -0.25) is 0 Å². The first kappa shape index (κ1) is 98.3. The average molecular weight is 1860 g/mol. The zero-order valence-electron chi connectivity index (χ0n) is 65.9. The van der Waals surface area contributed by atoms with Crippen molar-refractivity contribution in [1.82, 2.24) is 0 Å². The van der Waals surface area contributed by atoms with E-state index in [-0.39, 0.29) is 112 Å². The van der Waals surface area contributed by atoms with Crippen molar-refractivity contribution in [3.05, 3.63) is 308 Å². The number of aliphatic hydroxyl groups is 8. The van der Waals surface area contributed by atoms with Gasteiger partial charge in [-0.2, -0.15) is 0 Å². The summed E-state index contributed by atoms with van der Waals surface area (Å²) in [5.41, 5.74) is 3.34. The molecule has 12 aromatic rings. The Balaban J connectivity index is 0.000000243. The fraction of sp³-hybridized carbons (Fsp3) is 0.191. The van der Waals surface area contributed by atoms with Gasteiger partial charge in [0, 0.05) is 25.5 Å². The van der Waals surface area contributed by atoms with E-state index in [1.54, 1.807) is 23.5 Å². The van der Waals surface area contributed by atoms with E-state index in [4.69, 9.17) is 78.7 Å². The Labute approximate surface area is 725 Å². The molecule has 0 saturated heterocycles. The standard InChI is InChI=1S/C45H45O8S2.C44H44O8S3.2F6P/c46-25-29-50-36-7-1-33(2-8-36)45(34-3-9-37(10-4-34)51-30-26-47)35-5-15-40(16-6-35)54-41-17-23-44(24-18-41)55(42-19-11-38(12-20-42)52-31-27-48)43-21-13-39(14-22-43)53-32-28-49;45-25-29-49-33-1-13-39(14-2-33)54(40-15-3-34(4-16-40)50-30-26-46)43-21-9-37(10-22-43)53-38-11-23-44(24-12-38)55(41-17-5-35(6-18-41)51-31-27-47)42-19-7-36(8-20-42)52-32-28-48;2*1-7(2,3,4,5)6/h1-24,45-49H,25-32H2;1-24,45-48H,25-32H2;;/q+1;+2;2*-1. The minimum atomic E-state index is -10.7. The van der Waals surface area contributed by atoms with Crippen molar-refractivity contribution in [2.24, 2.45) is 0 Å². The summed E-state index contributed by atoms with van der Waals surface area (Å²) in [5, 5.41) is 73.3. The van der Waals surface area contributed by atoms with Gasteiger partial charge in [-0.15, -0.1) is 0 Å². The first-order valence-electron chi connectivity index (χ1n) is 37.9. The predicted molar refractivity (Wildman–Crippen MR) is 461 cm³/mol. The van der Waals surface area contributed by atoms with Crippen LogP contribution < -0.4 is 37.9 Å². The fourth-order valence-corrected chi connectivity index (χ4v) is 19.3. The van der Waals surface area contributed by atoms with Crippen LogP contribution >= 0.6 is 39.1 Å². The molecule has 0 unspecified atom stereocenters. The van der Waals surface area contributed by atoms with Crippen molar-refractivity contribution in [3.63, 3.8) is 0 Å². The summed E-state index contributed by atoms with van der Waals surface area (Å²) in [6.07, 6.45) is 0. The first-order chi connectivity index (χ1) is 59.1. The molecule has 0 heterocycles. The third-order valence-corrected chi connectivity index (χ3v) is 25.3. The molecule has 0 aliphatic heterocycles. The van der Waals surface area contributed by atoms with Crippen LogP contribution in [0, 0.1) is 0 Å². The summed E-state index contributed by atoms with van der Waals surface area (Å²) in [6.45, 7) is 1.64. The number of benzene rings is 12. The van der Waals surface area contributed by atoms with Crippen LogP contribution in [0.1, 0.15) is 22.6 Å². The number of hydrogen-bond donors (Lipinski definition) is 8. The van der Waals surface area contributed by atoms with Crippen molar-refractivity contribution in [2.75, 3.05) is 106 Å². The monoisotopic (exact) mass is 1860 g/mol. The second kappa shape index (κ2) is 45.1. The molecule has 8 N–H and O–H groups in total. The van der Waals surface area contributed by atoms with Crippen LogP contribution in [0.4, 0.5) is 50.4 Å². The Morgan fingerprint density at radius 1 is 0.194 bits per heavy atom. The number of hydrogen-bond acceptors (Lipinski definition) is 18. The Morgan fingerprint density at radius 3 is 0.444 bits per heavy atom. The van der Waals surface area contributed by atoms with Crippen LogP contribution in [0.2, 0.25) is 0 Å². The van der Waals surface area contributed by atoms with Gasteiger partial charge in [0.05, 0.1) is 85.5 Å². The molecule has 664 valence electrons. The second-order valence-electron chi connectivity index (χ2n) is 26.0. The normalized spacial score (nSPS) is 12.5. The SMILES string of the molecule is F[P-](F)(F)(F)(F)F.F[P-](F)(F)(F)(F)F.OCCOc1ccc(C(c2ccc(OCCO)cc2)c2ccc(Sc3ccc([S+](c4ccc(OCCO)cc4)c4ccc(OCCO)cc4)cc3)cc2)cc1.OCCOc1ccc([S+](c2ccc(OCCO)cc2)c2ccc(Sc3ccc([S+](c4ccc(OCCO)cc4)c4ccc(OCCO)cc4)cc3)cc2)cc1. The zero-order valence-corrected chi connectivity index (χ0v) is 71.8. The van der Waals surface area contributed by atoms with Crippen LogP contribution in [-0.2, 0) is 32.7 Å². The number of ether oxygens (including phenoxy) is 8. The van der Waals surface area contributed by atoms with E-state index in [1.807, 2.05) is 97.1 Å². The van der Waals surface area contributed by atoms with Gasteiger partial charge in [-0.1, -0.05) is 59.9 Å². The molecule has 16 nitrogen and oxygen atoms in total. The molecule has 0 amide bonds. The molecule has 0 aliphatic carbocycles. The molecule has 0 spiro atoms. The van der Waals surface area contributed by atoms with E-state index in [0.29, 0.717) is 46.0 Å². The molecule has 0 atom stereocenters. The summed E-state index contributed by atoms with van der Waals surface area (Å²) in [4.78, 5) is 14.8. The summed E-state index contributed by atoms with van der Waals surface area (Å²) >= 11 is 3.41. The van der Waals surface area contributed by atoms with Crippen molar-refractivity contribution in [3.8, 4) is 46.0 Å². The van der Waals surface area contributed by atoms with Gasteiger partial charge in [0.25, 0.3) is 0 Å². The van der Waals surface area contributed by atoms with Crippen LogP contribution in [0.3, 0.4) is 0 Å². The van der Waals surface area contributed by atoms with Crippen molar-refractivity contribution in [2.45, 2.75) is 69.6 Å². The van der Waals surface area contributed by atoms with E-state index < -0.39 is 48.3 Å². The molecular weight excluding hydrogens is 1780 g/mol. The van der Waals surface area contributed by atoms with E-state index in [9.17, 15) is 50.4 Å². The second-order valence-corrected chi connectivity index (χ2v) is 38.2. The van der Waals surface area contributed by atoms with Gasteiger partial charge >= 0.3 is 66.0 Å². The number of rotatable bonds is 40. The molecule has 0 saturated carbocycles. The van der Waals surface area contributed by atoms with Gasteiger partial charge in [0.1, 0.15) is 98.9 Å². The van der Waals surface area contributed by atoms with E-state index in [1.165, 1.54) is 0 Å². The van der Waals surface area contributed by atoms with Gasteiger partial charge in [-0.25, -0.2) is 0 Å². The van der Waals surface area contributed by atoms with E-state index in [0.717, 1.165) is 80.3 Å². The first-order valence-corrected chi connectivity index (χ1v) is 47.2. The molecule has 0 radical (unpaired) electrons. The Kier molecular flexibility index (Phi) is 35.7. The summed E-state index contributed by atoms with van der Waals surface area (Å²) in [5.74, 6) is 5.63. The van der Waals surface area contributed by atoms with Crippen molar-refractivity contribution in [1.29, 1.82) is 0 Å². The quantitative estimate of drug-likeness (QED) is 0.00771. The molecule has 35 heteroatoms. The molecule has 0 aliphatic rings. The number of halogens is 12. The maximum atomic E-state index is 9.87. The molecule has 12 rings (SSSR count). The third kappa shape index (κ3) is 35.5. The summed E-state index contributed by atoms with van der Waals surface area (Å²) < 4.78 is 163. The largest absolute Gasteiger partial charge is 0.491 e. The summed E-state index contributed by atoms with van der Waals surface area (Å²) in [7, 11) is -22.5. The predicted octanol–water partition coefficient (Wildman–Crippen LogP) is 21.9. The van der Waals surface area contributed by atoms with Gasteiger partial charge in [0.2, 0.25) is 0 Å². The van der Waals surface area contributed by atoms with E-state index >= 15 is 0 Å². The minimum absolute atomic E-state index is 0.0398. The average Bonchev–Trinajstić information content (AvgIpc) is 0.796. The van der Waals surface area contributed by atoms with Gasteiger partial charge < -0.3 is 78.7 Å². The molecule has 124 heavy (non-hydrogen) atoms. The Bertz CT molecular complexity index is 4320. The Hall–Kier alpha value is -9.51. The van der Waals surface area contributed by atoms with Crippen molar-refractivity contribution < 1.29 is 129 Å². The molecular formula is C89H89F12O16P2S5+. The van der Waals surface area contributed by atoms with Crippen molar-refractivity contribution >= 4 is 71.8 Å². The molecule has 0 bridgehead atoms. The molecule has 0 aromatic heterocycles. The third-order valence-electron chi connectivity index (χ3n) is 16.5. The van der Waals surface area contributed by atoms with Crippen LogP contribution in [0.15, 0.2) is 355 Å². The van der Waals surface area contributed by atoms with Gasteiger partial charge in [-0.05, 0) is 271 Å². The maximum Gasteiger partial charge on any atom is 0.166 e. The van der Waals surface area contributed by atoms with Gasteiger partial charge in [0.15, 0.2) is 44.1 Å². The van der Waals surface area contributed by atoms with Crippen LogP contribution in [0.25, 0.3) is 0 Å². The fourth-order valence-electron chi connectivity index (χ4n) is 11.6. The number of aliphatic hydroxyl groups excluding tert-OH is 8. The summed E-state index contributed by atoms with van der Waals surface area (Å²) in [6, 6.07) is 98.8. The smallest absolute Gasteiger partial charge is 0.166 e. The van der Waals surface area contributed by atoms with Crippen LogP contribution in [0.5, 0.6) is 46.0 Å². The maximum absolute atomic E-state index is 10.7. The van der Waals surface area contributed by atoms with E-state index in [2.05, 4.69) is 194 Å². The molecule has 0 fully saturated rings.